The molecular weight excluding hydrogens is 452 g/mol. The van der Waals surface area contributed by atoms with Crippen LogP contribution in [0.15, 0.2) is 67.0 Å². The number of nitrogens with one attached hydrogen (secondary N) is 3. The van der Waals surface area contributed by atoms with E-state index in [1.807, 2.05) is 68.6 Å². The van der Waals surface area contributed by atoms with Crippen LogP contribution in [0.4, 0.5) is 16.2 Å². The van der Waals surface area contributed by atoms with E-state index in [9.17, 15) is 9.59 Å². The first-order chi connectivity index (χ1) is 17.4. The smallest absolute Gasteiger partial charge is 0.319 e. The van der Waals surface area contributed by atoms with Gasteiger partial charge in [-0.1, -0.05) is 30.3 Å². The van der Waals surface area contributed by atoms with Gasteiger partial charge in [-0.25, -0.2) is 9.78 Å². The minimum absolute atomic E-state index is 0.244. The van der Waals surface area contributed by atoms with Crippen molar-refractivity contribution in [3.8, 4) is 0 Å². The van der Waals surface area contributed by atoms with E-state index in [2.05, 4.69) is 38.9 Å². The fourth-order valence-corrected chi connectivity index (χ4v) is 4.64. The maximum atomic E-state index is 13.0. The molecule has 184 valence electrons. The summed E-state index contributed by atoms with van der Waals surface area (Å²) >= 11 is 0. The van der Waals surface area contributed by atoms with Gasteiger partial charge in [0.2, 0.25) is 0 Å². The third-order valence-electron chi connectivity index (χ3n) is 6.71. The van der Waals surface area contributed by atoms with Gasteiger partial charge in [0.15, 0.2) is 0 Å². The summed E-state index contributed by atoms with van der Waals surface area (Å²) in [5.41, 5.74) is 6.99. The van der Waals surface area contributed by atoms with Gasteiger partial charge in [0.1, 0.15) is 11.3 Å². The molecule has 0 bridgehead atoms. The zero-order valence-corrected chi connectivity index (χ0v) is 20.7. The number of hydrogen-bond donors (Lipinski definition) is 3. The van der Waals surface area contributed by atoms with Crippen molar-refractivity contribution in [1.82, 2.24) is 19.6 Å². The lowest BCUT2D eigenvalue weighted by molar-refractivity contribution is 0.102. The van der Waals surface area contributed by atoms with Crippen LogP contribution in [0.3, 0.4) is 0 Å². The predicted molar refractivity (Wildman–Crippen MR) is 141 cm³/mol. The summed E-state index contributed by atoms with van der Waals surface area (Å²) in [4.78, 5) is 32.4. The Morgan fingerprint density at radius 1 is 1.03 bits per heavy atom. The molecule has 8 heteroatoms. The number of anilines is 2. The highest BCUT2D eigenvalue weighted by atomic mass is 16.2. The van der Waals surface area contributed by atoms with Gasteiger partial charge in [0, 0.05) is 30.7 Å². The van der Waals surface area contributed by atoms with Crippen molar-refractivity contribution in [3.05, 3.63) is 94.9 Å². The third-order valence-corrected chi connectivity index (χ3v) is 6.71. The number of fused-ring (bicyclic) bond motifs is 2. The molecule has 1 aliphatic heterocycles. The molecule has 3 N–H and O–H groups in total. The van der Waals surface area contributed by atoms with Gasteiger partial charge in [-0.05, 0) is 73.8 Å². The number of amides is 3. The highest BCUT2D eigenvalue weighted by Gasteiger charge is 2.19. The normalized spacial score (nSPS) is 14.2. The Bertz CT molecular complexity index is 1440. The third kappa shape index (κ3) is 4.81. The Morgan fingerprint density at radius 2 is 1.89 bits per heavy atom. The Kier molecular flexibility index (Phi) is 6.43. The minimum Gasteiger partial charge on any atom is -0.331 e. The van der Waals surface area contributed by atoms with Gasteiger partial charge in [0.05, 0.1) is 12.2 Å². The Labute approximate surface area is 210 Å². The lowest BCUT2D eigenvalue weighted by atomic mass is 9.98. The van der Waals surface area contributed by atoms with E-state index < -0.39 is 0 Å². The topological polar surface area (TPSA) is 90.8 Å². The van der Waals surface area contributed by atoms with Crippen molar-refractivity contribution in [1.29, 1.82) is 0 Å². The van der Waals surface area contributed by atoms with Crippen LogP contribution in [0.25, 0.3) is 5.65 Å². The number of carbonyl (C=O) groups is 2. The lowest BCUT2D eigenvalue weighted by Gasteiger charge is -2.27. The van der Waals surface area contributed by atoms with Gasteiger partial charge in [-0.3, -0.25) is 9.20 Å². The van der Waals surface area contributed by atoms with Crippen molar-refractivity contribution in [2.45, 2.75) is 32.9 Å². The molecule has 0 aliphatic carbocycles. The van der Waals surface area contributed by atoms with Crippen molar-refractivity contribution >= 4 is 29.0 Å². The molecule has 5 rings (SSSR count). The molecule has 36 heavy (non-hydrogen) atoms. The Morgan fingerprint density at radius 3 is 2.75 bits per heavy atom. The fraction of sp³-hybridized carbons (Fsp3) is 0.250. The molecule has 2 aromatic heterocycles. The van der Waals surface area contributed by atoms with Crippen LogP contribution in [-0.2, 0) is 13.0 Å². The minimum atomic E-state index is -0.261. The first-order valence-corrected chi connectivity index (χ1v) is 12.1. The molecule has 0 radical (unpaired) electrons. The van der Waals surface area contributed by atoms with E-state index in [1.54, 1.807) is 10.6 Å². The van der Waals surface area contributed by atoms with E-state index in [0.717, 1.165) is 36.3 Å². The number of urea groups is 1. The predicted octanol–water partition coefficient (Wildman–Crippen LogP) is 4.77. The first kappa shape index (κ1) is 23.6. The molecule has 0 saturated heterocycles. The molecule has 1 unspecified atom stereocenters. The van der Waals surface area contributed by atoms with Gasteiger partial charge in [-0.15, -0.1) is 0 Å². The maximum Gasteiger partial charge on any atom is 0.319 e. The molecule has 3 amide bonds. The summed E-state index contributed by atoms with van der Waals surface area (Å²) < 4.78 is 1.75. The number of benzene rings is 2. The molecule has 1 atom stereocenters. The molecule has 0 saturated carbocycles. The van der Waals surface area contributed by atoms with Gasteiger partial charge in [0.25, 0.3) is 5.91 Å². The largest absolute Gasteiger partial charge is 0.331 e. The van der Waals surface area contributed by atoms with Gasteiger partial charge in [-0.2, -0.15) is 0 Å². The number of rotatable bonds is 5. The molecular formula is C28H30N6O2. The number of hydrogen-bond acceptors (Lipinski definition) is 4. The number of pyridine rings is 1. The molecule has 4 aromatic rings. The lowest BCUT2D eigenvalue weighted by Crippen LogP contribution is -2.33. The van der Waals surface area contributed by atoms with Crippen LogP contribution >= 0.6 is 0 Å². The van der Waals surface area contributed by atoms with Crippen LogP contribution in [0.5, 0.6) is 0 Å². The Hall–Kier alpha value is -4.17. The van der Waals surface area contributed by atoms with Gasteiger partial charge < -0.3 is 20.9 Å². The SMILES string of the molecule is Cc1ccc(C(C)NC(=O)Nc2cccc3c2CCN(C)C3)cc1NC(=O)c1cnc2ccccn12. The standard InChI is InChI=1S/C28H30N6O2/c1-18-10-11-20(15-24(18)31-27(35)25-16-29-26-9-4-5-13-34(25)26)19(2)30-28(36)32-23-8-6-7-21-17-33(3)14-12-22(21)23/h4-11,13,15-16,19H,12,14,17H2,1-3H3,(H,31,35)(H2,30,32,36). The van der Waals surface area contributed by atoms with Crippen LogP contribution in [0, 0.1) is 6.92 Å². The second kappa shape index (κ2) is 9.83. The zero-order valence-electron chi connectivity index (χ0n) is 20.7. The number of likely N-dealkylation sites (N-methyl/N-ethyl adjacent to an activating group) is 1. The van der Waals surface area contributed by atoms with Crippen LogP contribution in [0.1, 0.15) is 45.7 Å². The summed E-state index contributed by atoms with van der Waals surface area (Å²) in [6, 6.07) is 16.9. The molecule has 3 heterocycles. The van der Waals surface area contributed by atoms with E-state index >= 15 is 0 Å². The Balaban J connectivity index is 1.28. The summed E-state index contributed by atoms with van der Waals surface area (Å²) in [7, 11) is 2.10. The van der Waals surface area contributed by atoms with Crippen molar-refractivity contribution in [2.75, 3.05) is 24.2 Å². The number of carbonyl (C=O) groups excluding carboxylic acids is 2. The van der Waals surface area contributed by atoms with Crippen LogP contribution < -0.4 is 16.0 Å². The average Bonchev–Trinajstić information content (AvgIpc) is 3.29. The average molecular weight is 483 g/mol. The van der Waals surface area contributed by atoms with Gasteiger partial charge >= 0.3 is 6.03 Å². The molecule has 8 nitrogen and oxygen atoms in total. The molecule has 0 fully saturated rings. The van der Waals surface area contributed by atoms with Crippen LogP contribution in [0.2, 0.25) is 0 Å². The summed E-state index contributed by atoms with van der Waals surface area (Å²) in [5.74, 6) is -0.244. The number of aromatic nitrogens is 2. The second-order valence-corrected chi connectivity index (χ2v) is 9.35. The van der Waals surface area contributed by atoms with Crippen molar-refractivity contribution in [2.24, 2.45) is 0 Å². The molecule has 2 aromatic carbocycles. The van der Waals surface area contributed by atoms with E-state index in [-0.39, 0.29) is 18.0 Å². The summed E-state index contributed by atoms with van der Waals surface area (Å²) in [5, 5.41) is 9.05. The fourth-order valence-electron chi connectivity index (χ4n) is 4.64. The second-order valence-electron chi connectivity index (χ2n) is 9.35. The highest BCUT2D eigenvalue weighted by molar-refractivity contribution is 6.04. The van der Waals surface area contributed by atoms with E-state index in [0.29, 0.717) is 17.0 Å². The maximum absolute atomic E-state index is 13.0. The van der Waals surface area contributed by atoms with Crippen LogP contribution in [-0.4, -0.2) is 39.8 Å². The monoisotopic (exact) mass is 482 g/mol. The van der Waals surface area contributed by atoms with Crippen molar-refractivity contribution < 1.29 is 9.59 Å². The molecule has 0 spiro atoms. The zero-order chi connectivity index (χ0) is 25.2. The highest BCUT2D eigenvalue weighted by Crippen LogP contribution is 2.26. The quantitative estimate of drug-likeness (QED) is 0.382. The number of imidazole rings is 1. The van der Waals surface area contributed by atoms with E-state index in [1.165, 1.54) is 11.1 Å². The summed E-state index contributed by atoms with van der Waals surface area (Å²) in [6.07, 6.45) is 4.29. The first-order valence-electron chi connectivity index (χ1n) is 12.1. The number of nitrogens with zero attached hydrogens (tertiary/aromatic N) is 3. The number of aryl methyl sites for hydroxylation is 1. The molecule has 1 aliphatic rings. The summed E-state index contributed by atoms with van der Waals surface area (Å²) in [6.45, 7) is 5.72. The van der Waals surface area contributed by atoms with E-state index in [4.69, 9.17) is 0 Å². The van der Waals surface area contributed by atoms with Crippen molar-refractivity contribution in [3.63, 3.8) is 0 Å².